The Labute approximate surface area is 87.7 Å². The van der Waals surface area contributed by atoms with Crippen molar-refractivity contribution in [2.45, 2.75) is 6.42 Å². The molecule has 0 unspecified atom stereocenters. The number of carbonyl (C=O) groups is 1. The molecule has 0 saturated heterocycles. The average molecular weight is 258 g/mol. The van der Waals surface area contributed by atoms with Crippen LogP contribution in [0.1, 0.15) is 12.0 Å². The van der Waals surface area contributed by atoms with Gasteiger partial charge in [0.2, 0.25) is 0 Å². The van der Waals surface area contributed by atoms with Crippen molar-refractivity contribution in [3.8, 4) is 0 Å². The van der Waals surface area contributed by atoms with Crippen molar-refractivity contribution in [2.75, 3.05) is 0 Å². The van der Waals surface area contributed by atoms with Crippen molar-refractivity contribution in [3.63, 3.8) is 0 Å². The number of hydrogen-bond acceptors (Lipinski definition) is 3. The van der Waals surface area contributed by atoms with E-state index in [1.807, 2.05) is 0 Å². The van der Waals surface area contributed by atoms with E-state index in [0.29, 0.717) is 11.3 Å². The first-order valence-electron chi connectivity index (χ1n) is 3.89. The van der Waals surface area contributed by atoms with E-state index in [1.165, 1.54) is 6.07 Å². The number of oxime groups is 1. The number of nitrogens with zero attached hydrogens (tertiary/aromatic N) is 1. The van der Waals surface area contributed by atoms with E-state index in [9.17, 15) is 9.18 Å². The summed E-state index contributed by atoms with van der Waals surface area (Å²) in [7, 11) is 0. The van der Waals surface area contributed by atoms with Crippen LogP contribution in [0.2, 0.25) is 0 Å². The molecule has 0 amide bonds. The lowest BCUT2D eigenvalue weighted by atomic mass is 10.1. The van der Waals surface area contributed by atoms with E-state index in [1.54, 1.807) is 12.1 Å². The Hall–Kier alpha value is -1.23. The second-order valence-electron chi connectivity index (χ2n) is 2.80. The normalized spacial score (nSPS) is 15.3. The van der Waals surface area contributed by atoms with Gasteiger partial charge in [0.15, 0.2) is 0 Å². The fourth-order valence-electron chi connectivity index (χ4n) is 1.17. The highest BCUT2D eigenvalue weighted by molar-refractivity contribution is 9.10. The monoisotopic (exact) mass is 257 g/mol. The summed E-state index contributed by atoms with van der Waals surface area (Å²) in [6.07, 6.45) is 0.0212. The van der Waals surface area contributed by atoms with Crippen molar-refractivity contribution >= 4 is 27.6 Å². The Balaban J connectivity index is 2.41. The molecule has 2 rings (SSSR count). The maximum absolute atomic E-state index is 13.3. The first-order valence-corrected chi connectivity index (χ1v) is 4.68. The molecular formula is C9H5BrFNO2. The molecule has 0 aliphatic carbocycles. The lowest BCUT2D eigenvalue weighted by Gasteiger charge is -2.00. The van der Waals surface area contributed by atoms with E-state index in [2.05, 4.69) is 25.9 Å². The van der Waals surface area contributed by atoms with Crippen LogP contribution >= 0.6 is 15.9 Å². The summed E-state index contributed by atoms with van der Waals surface area (Å²) in [5.74, 6) is -0.871. The zero-order valence-corrected chi connectivity index (χ0v) is 8.54. The Morgan fingerprint density at radius 1 is 1.50 bits per heavy atom. The van der Waals surface area contributed by atoms with Gasteiger partial charge in [0.25, 0.3) is 0 Å². The molecule has 0 saturated carbocycles. The Kier molecular flexibility index (Phi) is 2.33. The molecule has 1 heterocycles. The molecule has 3 nitrogen and oxygen atoms in total. The lowest BCUT2D eigenvalue weighted by molar-refractivity contribution is -0.140. The molecule has 0 spiro atoms. The molecular weight excluding hydrogens is 253 g/mol. The Bertz CT molecular complexity index is 431. The summed E-state index contributed by atoms with van der Waals surface area (Å²) in [6.45, 7) is 0. The molecule has 72 valence electrons. The maximum atomic E-state index is 13.3. The number of benzene rings is 1. The van der Waals surface area contributed by atoms with Crippen LogP contribution in [-0.4, -0.2) is 11.7 Å². The Morgan fingerprint density at radius 2 is 2.29 bits per heavy atom. The van der Waals surface area contributed by atoms with E-state index in [-0.39, 0.29) is 6.42 Å². The van der Waals surface area contributed by atoms with Gasteiger partial charge >= 0.3 is 5.97 Å². The van der Waals surface area contributed by atoms with Crippen LogP contribution in [0.4, 0.5) is 4.39 Å². The molecule has 0 N–H and O–H groups in total. The summed E-state index contributed by atoms with van der Waals surface area (Å²) in [5.41, 5.74) is 0.624. The number of rotatable bonds is 1. The quantitative estimate of drug-likeness (QED) is 0.724. The van der Waals surface area contributed by atoms with Gasteiger partial charge in [-0.15, -0.1) is 0 Å². The minimum absolute atomic E-state index is 0.0212. The van der Waals surface area contributed by atoms with Crippen molar-refractivity contribution in [1.29, 1.82) is 0 Å². The van der Waals surface area contributed by atoms with Gasteiger partial charge in [-0.2, -0.15) is 0 Å². The topological polar surface area (TPSA) is 38.7 Å². The van der Waals surface area contributed by atoms with E-state index in [0.717, 1.165) is 4.47 Å². The van der Waals surface area contributed by atoms with E-state index < -0.39 is 11.8 Å². The van der Waals surface area contributed by atoms with Crippen LogP contribution in [0.5, 0.6) is 0 Å². The fourth-order valence-corrected chi connectivity index (χ4v) is 1.53. The highest BCUT2D eigenvalue weighted by atomic mass is 79.9. The van der Waals surface area contributed by atoms with Crippen LogP contribution in [0.3, 0.4) is 0 Å². The molecule has 0 radical (unpaired) electrons. The van der Waals surface area contributed by atoms with Gasteiger partial charge in [-0.3, -0.25) is 0 Å². The van der Waals surface area contributed by atoms with Crippen molar-refractivity contribution < 1.29 is 14.0 Å². The molecule has 0 fully saturated rings. The van der Waals surface area contributed by atoms with Crippen molar-refractivity contribution in [2.24, 2.45) is 5.16 Å². The minimum Gasteiger partial charge on any atom is -0.318 e. The third kappa shape index (κ3) is 1.68. The van der Waals surface area contributed by atoms with Gasteiger partial charge in [0, 0.05) is 10.0 Å². The van der Waals surface area contributed by atoms with Crippen molar-refractivity contribution in [3.05, 3.63) is 34.1 Å². The number of carbonyl (C=O) groups excluding carboxylic acids is 1. The standard InChI is InChI=1S/C9H5BrFNO2/c10-5-1-2-7(11)6(3-5)8-4-9(13)14-12-8/h1-3H,4H2. The molecule has 1 aromatic carbocycles. The summed E-state index contributed by atoms with van der Waals surface area (Å²) in [4.78, 5) is 15.1. The third-order valence-corrected chi connectivity index (χ3v) is 2.30. The predicted octanol–water partition coefficient (Wildman–Crippen LogP) is 2.24. The van der Waals surface area contributed by atoms with Gasteiger partial charge in [-0.1, -0.05) is 21.1 Å². The zero-order valence-electron chi connectivity index (χ0n) is 6.96. The molecule has 1 aliphatic rings. The molecule has 1 aliphatic heterocycles. The second-order valence-corrected chi connectivity index (χ2v) is 3.72. The van der Waals surface area contributed by atoms with Gasteiger partial charge in [0.05, 0.1) is 6.42 Å². The summed E-state index contributed by atoms with van der Waals surface area (Å²) >= 11 is 3.21. The third-order valence-electron chi connectivity index (χ3n) is 1.81. The van der Waals surface area contributed by atoms with Gasteiger partial charge in [-0.25, -0.2) is 9.18 Å². The molecule has 1 aromatic rings. The van der Waals surface area contributed by atoms with Crippen LogP contribution in [-0.2, 0) is 9.63 Å². The zero-order chi connectivity index (χ0) is 10.1. The van der Waals surface area contributed by atoms with Gasteiger partial charge < -0.3 is 4.84 Å². The molecule has 5 heteroatoms. The van der Waals surface area contributed by atoms with E-state index in [4.69, 9.17) is 0 Å². The van der Waals surface area contributed by atoms with Gasteiger partial charge in [-0.05, 0) is 18.2 Å². The van der Waals surface area contributed by atoms with Crippen LogP contribution in [0.25, 0.3) is 0 Å². The lowest BCUT2D eigenvalue weighted by Crippen LogP contribution is -2.03. The smallest absolute Gasteiger partial charge is 0.318 e. The minimum atomic E-state index is -0.459. The SMILES string of the molecule is O=C1CC(c2cc(Br)ccc2F)=NO1. The van der Waals surface area contributed by atoms with Crippen LogP contribution in [0.15, 0.2) is 27.8 Å². The second kappa shape index (κ2) is 3.49. The highest BCUT2D eigenvalue weighted by Gasteiger charge is 2.21. The van der Waals surface area contributed by atoms with E-state index >= 15 is 0 Å². The largest absolute Gasteiger partial charge is 0.341 e. The van der Waals surface area contributed by atoms with Crippen molar-refractivity contribution in [1.82, 2.24) is 0 Å². The molecule has 0 atom stereocenters. The first-order chi connectivity index (χ1) is 6.66. The first kappa shape index (κ1) is 9.33. The maximum Gasteiger partial charge on any atom is 0.341 e. The van der Waals surface area contributed by atoms with Gasteiger partial charge in [0.1, 0.15) is 11.5 Å². The summed E-state index contributed by atoms with van der Waals surface area (Å²) in [6, 6.07) is 4.46. The Morgan fingerprint density at radius 3 is 2.93 bits per heavy atom. The summed E-state index contributed by atoms with van der Waals surface area (Å²) in [5, 5.41) is 3.50. The van der Waals surface area contributed by atoms with Crippen LogP contribution in [0, 0.1) is 5.82 Å². The molecule has 0 aromatic heterocycles. The summed E-state index contributed by atoms with van der Waals surface area (Å²) < 4.78 is 14.0. The predicted molar refractivity (Wildman–Crippen MR) is 51.3 cm³/mol. The highest BCUT2D eigenvalue weighted by Crippen LogP contribution is 2.19. The van der Waals surface area contributed by atoms with Crippen LogP contribution < -0.4 is 0 Å². The fraction of sp³-hybridized carbons (Fsp3) is 0.111. The number of hydrogen-bond donors (Lipinski definition) is 0. The number of halogens is 2. The molecule has 14 heavy (non-hydrogen) atoms. The average Bonchev–Trinajstić information content (AvgIpc) is 2.56. The molecule has 0 bridgehead atoms.